The van der Waals surface area contributed by atoms with Gasteiger partial charge in [0.15, 0.2) is 0 Å². The molecule has 0 fully saturated rings. The Morgan fingerprint density at radius 3 is 2.33 bits per heavy atom. The lowest BCUT2D eigenvalue weighted by Crippen LogP contribution is -2.29. The predicted octanol–water partition coefficient (Wildman–Crippen LogP) is 2.95. The van der Waals surface area contributed by atoms with Crippen molar-refractivity contribution in [1.29, 1.82) is 0 Å². The molecule has 2 nitrogen and oxygen atoms in total. The molecule has 0 aliphatic heterocycles. The Morgan fingerprint density at radius 2 is 1.87 bits per heavy atom. The molecule has 0 aliphatic carbocycles. The van der Waals surface area contributed by atoms with E-state index >= 15 is 0 Å². The number of nitrogens with zero attached hydrogens (tertiary/aromatic N) is 1. The smallest absolute Gasteiger partial charge is 0.225 e. The summed E-state index contributed by atoms with van der Waals surface area (Å²) in [5.74, 6) is 0.201. The summed E-state index contributed by atoms with van der Waals surface area (Å²) in [5.41, 5.74) is 1.09. The standard InChI is InChI=1S/C12H16ClNO/c1-9(2)12(15)14(3)8-10-4-6-11(13)7-5-10/h4-7,9H,8H2,1-3H3. The van der Waals surface area contributed by atoms with Gasteiger partial charge >= 0.3 is 0 Å². The van der Waals surface area contributed by atoms with E-state index in [1.807, 2.05) is 45.2 Å². The molecule has 0 saturated carbocycles. The summed E-state index contributed by atoms with van der Waals surface area (Å²) in [6.07, 6.45) is 0. The van der Waals surface area contributed by atoms with Crippen LogP contribution in [0.2, 0.25) is 5.02 Å². The van der Waals surface area contributed by atoms with Crippen LogP contribution in [-0.4, -0.2) is 17.9 Å². The molecule has 0 aromatic heterocycles. The van der Waals surface area contributed by atoms with Gasteiger partial charge in [0, 0.05) is 24.5 Å². The fraction of sp³-hybridized carbons (Fsp3) is 0.417. The lowest BCUT2D eigenvalue weighted by Gasteiger charge is -2.19. The van der Waals surface area contributed by atoms with Gasteiger partial charge in [-0.15, -0.1) is 0 Å². The number of benzene rings is 1. The van der Waals surface area contributed by atoms with Crippen LogP contribution >= 0.6 is 11.6 Å². The second kappa shape index (κ2) is 5.17. The minimum Gasteiger partial charge on any atom is -0.341 e. The van der Waals surface area contributed by atoms with Gasteiger partial charge in [-0.3, -0.25) is 4.79 Å². The number of hydrogen-bond donors (Lipinski definition) is 0. The maximum absolute atomic E-state index is 11.6. The van der Waals surface area contributed by atoms with E-state index < -0.39 is 0 Å². The van der Waals surface area contributed by atoms with Crippen molar-refractivity contribution in [3.05, 3.63) is 34.9 Å². The average Bonchev–Trinajstić information content (AvgIpc) is 2.20. The first-order valence-corrected chi connectivity index (χ1v) is 5.38. The van der Waals surface area contributed by atoms with Crippen molar-refractivity contribution >= 4 is 17.5 Å². The van der Waals surface area contributed by atoms with E-state index in [-0.39, 0.29) is 11.8 Å². The lowest BCUT2D eigenvalue weighted by atomic mass is 10.1. The summed E-state index contributed by atoms with van der Waals surface area (Å²) in [5, 5.41) is 0.719. The Labute approximate surface area is 95.8 Å². The van der Waals surface area contributed by atoms with Crippen LogP contribution in [0.3, 0.4) is 0 Å². The van der Waals surface area contributed by atoms with Gasteiger partial charge in [-0.2, -0.15) is 0 Å². The largest absolute Gasteiger partial charge is 0.341 e. The molecule has 0 spiro atoms. The third-order valence-corrected chi connectivity index (χ3v) is 2.46. The summed E-state index contributed by atoms with van der Waals surface area (Å²) < 4.78 is 0. The zero-order valence-electron chi connectivity index (χ0n) is 9.33. The molecule has 1 aromatic carbocycles. The van der Waals surface area contributed by atoms with Crippen molar-refractivity contribution in [2.75, 3.05) is 7.05 Å². The van der Waals surface area contributed by atoms with Crippen molar-refractivity contribution in [2.24, 2.45) is 5.92 Å². The molecule has 0 N–H and O–H groups in total. The maximum Gasteiger partial charge on any atom is 0.225 e. The molecular formula is C12H16ClNO. The fourth-order valence-electron chi connectivity index (χ4n) is 1.38. The number of hydrogen-bond acceptors (Lipinski definition) is 1. The number of halogens is 1. The van der Waals surface area contributed by atoms with Crippen molar-refractivity contribution in [1.82, 2.24) is 4.90 Å². The first-order valence-electron chi connectivity index (χ1n) is 5.00. The van der Waals surface area contributed by atoms with Crippen molar-refractivity contribution in [3.63, 3.8) is 0 Å². The quantitative estimate of drug-likeness (QED) is 0.775. The topological polar surface area (TPSA) is 20.3 Å². The molecule has 1 amide bonds. The molecule has 0 radical (unpaired) electrons. The highest BCUT2D eigenvalue weighted by Gasteiger charge is 2.12. The molecule has 3 heteroatoms. The zero-order valence-corrected chi connectivity index (χ0v) is 10.1. The van der Waals surface area contributed by atoms with Crippen LogP contribution in [0.5, 0.6) is 0 Å². The molecule has 1 rings (SSSR count). The molecule has 15 heavy (non-hydrogen) atoms. The van der Waals surface area contributed by atoms with E-state index in [0.29, 0.717) is 6.54 Å². The highest BCUT2D eigenvalue weighted by atomic mass is 35.5. The van der Waals surface area contributed by atoms with E-state index in [1.165, 1.54) is 0 Å². The van der Waals surface area contributed by atoms with Crippen molar-refractivity contribution < 1.29 is 4.79 Å². The normalized spacial score (nSPS) is 10.5. The van der Waals surface area contributed by atoms with E-state index in [0.717, 1.165) is 10.6 Å². The lowest BCUT2D eigenvalue weighted by molar-refractivity contribution is -0.133. The third-order valence-electron chi connectivity index (χ3n) is 2.20. The predicted molar refractivity (Wildman–Crippen MR) is 62.8 cm³/mol. The highest BCUT2D eigenvalue weighted by molar-refractivity contribution is 6.30. The molecule has 0 heterocycles. The van der Waals surface area contributed by atoms with Gasteiger partial charge in [0.1, 0.15) is 0 Å². The number of carbonyl (C=O) groups is 1. The van der Waals surface area contributed by atoms with Crippen LogP contribution in [0, 0.1) is 5.92 Å². The van der Waals surface area contributed by atoms with Crippen LogP contribution in [0.25, 0.3) is 0 Å². The van der Waals surface area contributed by atoms with Gasteiger partial charge < -0.3 is 4.90 Å². The Morgan fingerprint density at radius 1 is 1.33 bits per heavy atom. The number of carbonyl (C=O) groups excluding carboxylic acids is 1. The second-order valence-corrected chi connectivity index (χ2v) is 4.41. The average molecular weight is 226 g/mol. The molecule has 0 atom stereocenters. The van der Waals surface area contributed by atoms with E-state index in [2.05, 4.69) is 0 Å². The Hall–Kier alpha value is -1.02. The summed E-state index contributed by atoms with van der Waals surface area (Å²) in [6.45, 7) is 4.44. The second-order valence-electron chi connectivity index (χ2n) is 3.98. The van der Waals surface area contributed by atoms with Crippen LogP contribution in [-0.2, 0) is 11.3 Å². The monoisotopic (exact) mass is 225 g/mol. The van der Waals surface area contributed by atoms with E-state index in [4.69, 9.17) is 11.6 Å². The van der Waals surface area contributed by atoms with Gasteiger partial charge in [-0.1, -0.05) is 37.6 Å². The maximum atomic E-state index is 11.6. The first kappa shape index (κ1) is 12.1. The summed E-state index contributed by atoms with van der Waals surface area (Å²) >= 11 is 5.78. The third kappa shape index (κ3) is 3.56. The van der Waals surface area contributed by atoms with E-state index in [9.17, 15) is 4.79 Å². The summed E-state index contributed by atoms with van der Waals surface area (Å²) in [7, 11) is 1.82. The minimum absolute atomic E-state index is 0.0438. The summed E-state index contributed by atoms with van der Waals surface area (Å²) in [6, 6.07) is 7.55. The van der Waals surface area contributed by atoms with Crippen LogP contribution in [0.4, 0.5) is 0 Å². The number of amides is 1. The highest BCUT2D eigenvalue weighted by Crippen LogP contribution is 2.11. The fourth-order valence-corrected chi connectivity index (χ4v) is 1.51. The summed E-state index contributed by atoms with van der Waals surface area (Å²) in [4.78, 5) is 13.3. The van der Waals surface area contributed by atoms with Crippen LogP contribution in [0.1, 0.15) is 19.4 Å². The Kier molecular flexibility index (Phi) is 4.15. The Bertz CT molecular complexity index is 332. The minimum atomic E-state index is 0.0438. The van der Waals surface area contributed by atoms with Crippen molar-refractivity contribution in [2.45, 2.75) is 20.4 Å². The zero-order chi connectivity index (χ0) is 11.4. The molecule has 82 valence electrons. The van der Waals surface area contributed by atoms with Gasteiger partial charge in [0.2, 0.25) is 5.91 Å². The SMILES string of the molecule is CC(C)C(=O)N(C)Cc1ccc(Cl)cc1. The van der Waals surface area contributed by atoms with Crippen molar-refractivity contribution in [3.8, 4) is 0 Å². The molecule has 0 saturated heterocycles. The molecule has 0 aliphatic rings. The Balaban J connectivity index is 2.62. The van der Waals surface area contributed by atoms with Crippen LogP contribution < -0.4 is 0 Å². The molecule has 1 aromatic rings. The van der Waals surface area contributed by atoms with Gasteiger partial charge in [0.05, 0.1) is 0 Å². The molecular weight excluding hydrogens is 210 g/mol. The van der Waals surface area contributed by atoms with Gasteiger partial charge in [0.25, 0.3) is 0 Å². The van der Waals surface area contributed by atoms with Gasteiger partial charge in [-0.05, 0) is 17.7 Å². The number of rotatable bonds is 3. The van der Waals surface area contributed by atoms with Gasteiger partial charge in [-0.25, -0.2) is 0 Å². The molecule has 0 bridgehead atoms. The van der Waals surface area contributed by atoms with Crippen LogP contribution in [0.15, 0.2) is 24.3 Å². The molecule has 0 unspecified atom stereocenters. The van der Waals surface area contributed by atoms with E-state index in [1.54, 1.807) is 4.90 Å². The first-order chi connectivity index (χ1) is 7.00.